The first-order valence-corrected chi connectivity index (χ1v) is 5.19. The molecule has 0 heterocycles. The number of rotatable bonds is 4. The number of nitrogens with zero attached hydrogens (tertiary/aromatic N) is 1. The van der Waals surface area contributed by atoms with Crippen molar-refractivity contribution in [2.45, 2.75) is 0 Å². The zero-order chi connectivity index (χ0) is 13.7. The molecule has 0 saturated heterocycles. The zero-order valence-electron chi connectivity index (χ0n) is 10.5. The van der Waals surface area contributed by atoms with Gasteiger partial charge in [0.2, 0.25) is 0 Å². The number of carbonyl (C=O) groups excluding carboxylic acids is 2. The molecule has 6 heteroatoms. The molecule has 0 atom stereocenters. The molecule has 0 aliphatic rings. The van der Waals surface area contributed by atoms with Crippen molar-refractivity contribution in [3.8, 4) is 11.5 Å². The number of methoxy groups -OCH3 is 2. The second-order valence-electron chi connectivity index (χ2n) is 3.62. The topological polar surface area (TPSA) is 76.1 Å². The molecular formula is C12H15NO5. The Balaban J connectivity index is 2.86. The minimum absolute atomic E-state index is 0.0993. The van der Waals surface area contributed by atoms with E-state index in [2.05, 4.69) is 4.74 Å². The van der Waals surface area contributed by atoms with Gasteiger partial charge in [-0.2, -0.15) is 0 Å². The first-order chi connectivity index (χ1) is 8.49. The maximum atomic E-state index is 11.9. The van der Waals surface area contributed by atoms with Crippen LogP contribution < -0.4 is 4.74 Å². The van der Waals surface area contributed by atoms with Crippen LogP contribution in [0.1, 0.15) is 10.4 Å². The van der Waals surface area contributed by atoms with E-state index in [9.17, 15) is 14.7 Å². The maximum absolute atomic E-state index is 11.9. The summed E-state index contributed by atoms with van der Waals surface area (Å²) in [6, 6.07) is 4.32. The summed E-state index contributed by atoms with van der Waals surface area (Å²) >= 11 is 0. The number of likely N-dealkylation sites (N-methyl/N-ethyl adjacent to an activating group) is 1. The molecule has 98 valence electrons. The fourth-order valence-corrected chi connectivity index (χ4v) is 1.35. The summed E-state index contributed by atoms with van der Waals surface area (Å²) in [5.41, 5.74) is 0.0993. The number of amides is 1. The Kier molecular flexibility index (Phi) is 4.53. The summed E-state index contributed by atoms with van der Waals surface area (Å²) in [4.78, 5) is 24.1. The smallest absolute Gasteiger partial charge is 0.325 e. The normalized spacial score (nSPS) is 9.72. The molecule has 0 bridgehead atoms. The lowest BCUT2D eigenvalue weighted by Crippen LogP contribution is -2.32. The Morgan fingerprint density at radius 2 is 2.00 bits per heavy atom. The number of esters is 1. The third-order valence-electron chi connectivity index (χ3n) is 2.38. The predicted molar refractivity (Wildman–Crippen MR) is 63.6 cm³/mol. The second-order valence-corrected chi connectivity index (χ2v) is 3.62. The Hall–Kier alpha value is -2.24. The van der Waals surface area contributed by atoms with Gasteiger partial charge in [0, 0.05) is 13.1 Å². The monoisotopic (exact) mass is 253 g/mol. The van der Waals surface area contributed by atoms with Crippen LogP contribution in [0.15, 0.2) is 18.2 Å². The Labute approximate surface area is 105 Å². The summed E-state index contributed by atoms with van der Waals surface area (Å²) < 4.78 is 9.37. The van der Waals surface area contributed by atoms with Gasteiger partial charge < -0.3 is 19.5 Å². The molecule has 6 nitrogen and oxygen atoms in total. The molecule has 0 aliphatic carbocycles. The Morgan fingerprint density at radius 1 is 1.33 bits per heavy atom. The van der Waals surface area contributed by atoms with Crippen molar-refractivity contribution in [1.29, 1.82) is 0 Å². The van der Waals surface area contributed by atoms with Crippen molar-refractivity contribution < 1.29 is 24.2 Å². The lowest BCUT2D eigenvalue weighted by molar-refractivity contribution is -0.141. The SMILES string of the molecule is COC(=O)CN(C)C(=O)c1ccc(OC)cc1O. The number of ether oxygens (including phenoxy) is 2. The maximum Gasteiger partial charge on any atom is 0.325 e. The van der Waals surface area contributed by atoms with Crippen molar-refractivity contribution in [3.63, 3.8) is 0 Å². The fourth-order valence-electron chi connectivity index (χ4n) is 1.35. The van der Waals surface area contributed by atoms with Gasteiger partial charge in [-0.25, -0.2) is 0 Å². The van der Waals surface area contributed by atoms with Gasteiger partial charge in [-0.05, 0) is 12.1 Å². The molecule has 0 radical (unpaired) electrons. The number of aromatic hydroxyl groups is 1. The molecule has 0 aliphatic heterocycles. The number of hydrogen-bond donors (Lipinski definition) is 1. The largest absolute Gasteiger partial charge is 0.507 e. The van der Waals surface area contributed by atoms with Gasteiger partial charge in [0.25, 0.3) is 5.91 Å². The van der Waals surface area contributed by atoms with E-state index in [-0.39, 0.29) is 17.9 Å². The molecule has 0 fully saturated rings. The van der Waals surface area contributed by atoms with Crippen molar-refractivity contribution in [3.05, 3.63) is 23.8 Å². The Morgan fingerprint density at radius 3 is 2.50 bits per heavy atom. The van der Waals surface area contributed by atoms with Crippen LogP contribution in [-0.4, -0.2) is 49.7 Å². The van der Waals surface area contributed by atoms with Crippen LogP contribution in [0.5, 0.6) is 11.5 Å². The van der Waals surface area contributed by atoms with E-state index < -0.39 is 11.9 Å². The van der Waals surface area contributed by atoms with Gasteiger partial charge in [0.05, 0.1) is 19.8 Å². The predicted octanol–water partition coefficient (Wildman–Crippen LogP) is 0.646. The lowest BCUT2D eigenvalue weighted by atomic mass is 10.1. The van der Waals surface area contributed by atoms with Crippen LogP contribution in [0.2, 0.25) is 0 Å². The average Bonchev–Trinajstić information content (AvgIpc) is 2.37. The van der Waals surface area contributed by atoms with Crippen LogP contribution in [-0.2, 0) is 9.53 Å². The number of benzene rings is 1. The minimum atomic E-state index is -0.529. The molecule has 1 N–H and O–H groups in total. The molecule has 1 amide bonds. The molecule has 1 rings (SSSR count). The van der Waals surface area contributed by atoms with E-state index in [1.54, 1.807) is 6.07 Å². The van der Waals surface area contributed by atoms with Gasteiger partial charge in [-0.1, -0.05) is 0 Å². The minimum Gasteiger partial charge on any atom is -0.507 e. The molecule has 0 unspecified atom stereocenters. The molecular weight excluding hydrogens is 238 g/mol. The summed E-state index contributed by atoms with van der Waals surface area (Å²) in [5, 5.41) is 9.69. The van der Waals surface area contributed by atoms with Crippen LogP contribution in [0, 0.1) is 0 Å². The summed E-state index contributed by atoms with van der Waals surface area (Å²) in [5.74, 6) is -0.754. The first-order valence-electron chi connectivity index (χ1n) is 5.19. The van der Waals surface area contributed by atoms with Gasteiger partial charge in [0.1, 0.15) is 18.0 Å². The van der Waals surface area contributed by atoms with E-state index in [0.717, 1.165) is 4.90 Å². The van der Waals surface area contributed by atoms with Crippen LogP contribution in [0.4, 0.5) is 0 Å². The van der Waals surface area contributed by atoms with E-state index in [0.29, 0.717) is 5.75 Å². The number of phenols is 1. The van der Waals surface area contributed by atoms with Gasteiger partial charge >= 0.3 is 5.97 Å². The van der Waals surface area contributed by atoms with Crippen molar-refractivity contribution in [1.82, 2.24) is 4.90 Å². The van der Waals surface area contributed by atoms with Crippen LogP contribution in [0.3, 0.4) is 0 Å². The highest BCUT2D eigenvalue weighted by atomic mass is 16.5. The third kappa shape index (κ3) is 3.13. The van der Waals surface area contributed by atoms with Crippen molar-refractivity contribution >= 4 is 11.9 Å². The summed E-state index contributed by atoms with van der Waals surface area (Å²) in [7, 11) is 4.15. The van der Waals surface area contributed by atoms with E-state index in [1.807, 2.05) is 0 Å². The molecule has 1 aromatic rings. The Bertz CT molecular complexity index is 458. The van der Waals surface area contributed by atoms with Crippen molar-refractivity contribution in [2.75, 3.05) is 27.8 Å². The quantitative estimate of drug-likeness (QED) is 0.797. The zero-order valence-corrected chi connectivity index (χ0v) is 10.5. The average molecular weight is 253 g/mol. The van der Waals surface area contributed by atoms with Crippen molar-refractivity contribution in [2.24, 2.45) is 0 Å². The van der Waals surface area contributed by atoms with E-state index in [4.69, 9.17) is 4.74 Å². The van der Waals surface area contributed by atoms with Crippen LogP contribution >= 0.6 is 0 Å². The standard InChI is InChI=1S/C12H15NO5/c1-13(7-11(15)18-3)12(16)9-5-4-8(17-2)6-10(9)14/h4-6,14H,7H2,1-3H3. The van der Waals surface area contributed by atoms with Gasteiger partial charge in [-0.15, -0.1) is 0 Å². The highest BCUT2D eigenvalue weighted by molar-refractivity contribution is 5.98. The van der Waals surface area contributed by atoms with E-state index >= 15 is 0 Å². The van der Waals surface area contributed by atoms with E-state index in [1.165, 1.54) is 33.4 Å². The van der Waals surface area contributed by atoms with Gasteiger partial charge in [-0.3, -0.25) is 9.59 Å². The van der Waals surface area contributed by atoms with Gasteiger partial charge in [0.15, 0.2) is 0 Å². The van der Waals surface area contributed by atoms with Crippen LogP contribution in [0.25, 0.3) is 0 Å². The molecule has 1 aromatic carbocycles. The lowest BCUT2D eigenvalue weighted by Gasteiger charge is -2.16. The molecule has 18 heavy (non-hydrogen) atoms. The highest BCUT2D eigenvalue weighted by Gasteiger charge is 2.18. The number of carbonyl (C=O) groups is 2. The third-order valence-corrected chi connectivity index (χ3v) is 2.38. The molecule has 0 aromatic heterocycles. The summed E-state index contributed by atoms with van der Waals surface area (Å²) in [6.07, 6.45) is 0. The first kappa shape index (κ1) is 13.8. The number of phenolic OH excluding ortho intramolecular Hbond substituents is 1. The molecule has 0 spiro atoms. The number of hydrogen-bond acceptors (Lipinski definition) is 5. The molecule has 0 saturated carbocycles. The second kappa shape index (κ2) is 5.90. The fraction of sp³-hybridized carbons (Fsp3) is 0.333. The highest BCUT2D eigenvalue weighted by Crippen LogP contribution is 2.24. The summed E-state index contributed by atoms with van der Waals surface area (Å²) in [6.45, 7) is -0.180.